The van der Waals surface area contributed by atoms with Crippen molar-refractivity contribution in [3.05, 3.63) is 53.3 Å². The molecule has 0 bridgehead atoms. The molecular weight excluding hydrogens is 454 g/mol. The molecule has 2 amide bonds. The minimum absolute atomic E-state index is 0.0924. The van der Waals surface area contributed by atoms with Crippen LogP contribution in [0.3, 0.4) is 0 Å². The van der Waals surface area contributed by atoms with E-state index in [0.29, 0.717) is 32.0 Å². The smallest absolute Gasteiger partial charge is 0.223 e. The Bertz CT molecular complexity index is 943. The molecule has 8 heteroatoms. The first-order valence-electron chi connectivity index (χ1n) is 12.9. The Balaban J connectivity index is 0.000000452. The van der Waals surface area contributed by atoms with Crippen LogP contribution < -0.4 is 5.32 Å². The molecule has 1 fully saturated rings. The average molecular weight is 500 g/mol. The van der Waals surface area contributed by atoms with Gasteiger partial charge in [-0.25, -0.2) is 9.97 Å². The van der Waals surface area contributed by atoms with E-state index in [1.165, 1.54) is 5.56 Å². The number of aliphatic hydroxyl groups is 1. The quantitative estimate of drug-likeness (QED) is 0.633. The molecule has 1 saturated heterocycles. The summed E-state index contributed by atoms with van der Waals surface area (Å²) < 4.78 is 0. The van der Waals surface area contributed by atoms with Gasteiger partial charge in [0.15, 0.2) is 0 Å². The van der Waals surface area contributed by atoms with Crippen LogP contribution in [-0.2, 0) is 28.1 Å². The predicted molar refractivity (Wildman–Crippen MR) is 145 cm³/mol. The van der Waals surface area contributed by atoms with Crippen molar-refractivity contribution in [1.82, 2.24) is 19.8 Å². The van der Waals surface area contributed by atoms with Crippen LogP contribution in [0.15, 0.2) is 36.5 Å². The number of aromatic nitrogens is 2. The van der Waals surface area contributed by atoms with Crippen molar-refractivity contribution >= 4 is 17.8 Å². The Labute approximate surface area is 217 Å². The summed E-state index contributed by atoms with van der Waals surface area (Å²) >= 11 is 0. The predicted octanol–water partition coefficient (Wildman–Crippen LogP) is 4.38. The molecule has 2 aromatic rings. The van der Waals surface area contributed by atoms with E-state index < -0.39 is 0 Å². The molecule has 1 aromatic heterocycles. The molecule has 4 rings (SSSR count). The molecule has 8 nitrogen and oxygen atoms in total. The molecular formula is C28H45N5O3. The topological polar surface area (TPSA) is 98.7 Å². The largest absolute Gasteiger partial charge is 0.400 e. The van der Waals surface area contributed by atoms with E-state index in [9.17, 15) is 9.59 Å². The van der Waals surface area contributed by atoms with Crippen LogP contribution in [0.2, 0.25) is 0 Å². The zero-order valence-electron chi connectivity index (χ0n) is 23.3. The van der Waals surface area contributed by atoms with Gasteiger partial charge in [-0.3, -0.25) is 9.59 Å². The number of hydrogen-bond donors (Lipinski definition) is 2. The molecule has 1 aromatic carbocycles. The third-order valence-corrected chi connectivity index (χ3v) is 6.19. The summed E-state index contributed by atoms with van der Waals surface area (Å²) in [4.78, 5) is 36.3. The van der Waals surface area contributed by atoms with Gasteiger partial charge in [-0.2, -0.15) is 0 Å². The lowest BCUT2D eigenvalue weighted by Gasteiger charge is -2.38. The number of likely N-dealkylation sites (tertiary alicyclic amines) is 1. The Morgan fingerprint density at radius 3 is 2.22 bits per heavy atom. The van der Waals surface area contributed by atoms with Gasteiger partial charge in [0.05, 0.1) is 23.8 Å². The third-order valence-electron chi connectivity index (χ3n) is 6.19. The summed E-state index contributed by atoms with van der Waals surface area (Å²) in [6.45, 7) is 15.7. The Hall–Kier alpha value is -3.00. The minimum Gasteiger partial charge on any atom is -0.400 e. The monoisotopic (exact) mass is 499 g/mol. The van der Waals surface area contributed by atoms with Crippen molar-refractivity contribution in [3.63, 3.8) is 0 Å². The van der Waals surface area contributed by atoms with E-state index in [2.05, 4.69) is 46.5 Å². The van der Waals surface area contributed by atoms with Crippen molar-refractivity contribution < 1.29 is 14.7 Å². The van der Waals surface area contributed by atoms with E-state index in [1.54, 1.807) is 11.8 Å². The fraction of sp³-hybridized carbons (Fsp3) is 0.571. The van der Waals surface area contributed by atoms with Gasteiger partial charge in [-0.1, -0.05) is 58.0 Å². The molecule has 0 atom stereocenters. The van der Waals surface area contributed by atoms with E-state index in [-0.39, 0.29) is 23.4 Å². The normalized spacial score (nSPS) is 15.0. The molecule has 0 unspecified atom stereocenters. The van der Waals surface area contributed by atoms with Gasteiger partial charge in [-0.05, 0) is 32.3 Å². The number of carbonyl (C=O) groups is 2. The van der Waals surface area contributed by atoms with Crippen molar-refractivity contribution in [2.45, 2.75) is 85.9 Å². The second-order valence-electron chi connectivity index (χ2n) is 8.95. The van der Waals surface area contributed by atoms with Crippen LogP contribution >= 0.6 is 0 Å². The van der Waals surface area contributed by atoms with Gasteiger partial charge in [0, 0.05) is 45.3 Å². The zero-order valence-corrected chi connectivity index (χ0v) is 23.3. The molecule has 2 N–H and O–H groups in total. The summed E-state index contributed by atoms with van der Waals surface area (Å²) in [5, 5.41) is 10.3. The van der Waals surface area contributed by atoms with Crippen molar-refractivity contribution in [3.8, 4) is 0 Å². The van der Waals surface area contributed by atoms with Gasteiger partial charge >= 0.3 is 0 Å². The molecule has 0 saturated carbocycles. The maximum absolute atomic E-state index is 12.4. The minimum atomic E-state index is -0.373. The van der Waals surface area contributed by atoms with Crippen LogP contribution in [0.4, 0.5) is 5.95 Å². The van der Waals surface area contributed by atoms with Crippen LogP contribution in [0.1, 0.15) is 78.1 Å². The Morgan fingerprint density at radius 1 is 1.11 bits per heavy atom. The number of nitrogens with zero attached hydrogens (tertiary/aromatic N) is 4. The van der Waals surface area contributed by atoms with Gasteiger partial charge in [0.1, 0.15) is 0 Å². The average Bonchev–Trinajstić information content (AvgIpc) is 3.14. The van der Waals surface area contributed by atoms with Crippen LogP contribution in [0.5, 0.6) is 0 Å². The van der Waals surface area contributed by atoms with E-state index >= 15 is 0 Å². The highest BCUT2D eigenvalue weighted by Crippen LogP contribution is 2.38. The number of rotatable bonds is 5. The van der Waals surface area contributed by atoms with E-state index in [0.717, 1.165) is 31.2 Å². The highest BCUT2D eigenvalue weighted by molar-refractivity contribution is 5.78. The summed E-state index contributed by atoms with van der Waals surface area (Å²) in [5.41, 5.74) is 2.95. The molecule has 200 valence electrons. The van der Waals surface area contributed by atoms with Gasteiger partial charge in [-0.15, -0.1) is 0 Å². The fourth-order valence-corrected chi connectivity index (χ4v) is 4.08. The number of benzene rings is 1. The Morgan fingerprint density at radius 2 is 1.72 bits per heavy atom. The first kappa shape index (κ1) is 31.0. The number of fused-ring (bicyclic) bond motifs is 1. The first-order chi connectivity index (χ1) is 17.3. The molecule has 2 aliphatic rings. The maximum Gasteiger partial charge on any atom is 0.223 e. The molecule has 2 aliphatic heterocycles. The second kappa shape index (κ2) is 15.2. The van der Waals surface area contributed by atoms with Gasteiger partial charge in [0.25, 0.3) is 0 Å². The molecule has 36 heavy (non-hydrogen) atoms. The SMILES string of the molecule is CC.CCCC(=O)N1Cc2nc(NC3CN(C(C)=O)C3)ncc2C1(C)C.CCc1ccccc1.CO. The number of amides is 2. The summed E-state index contributed by atoms with van der Waals surface area (Å²) in [5.74, 6) is 0.823. The number of hydrogen-bond acceptors (Lipinski definition) is 6. The molecule has 0 radical (unpaired) electrons. The van der Waals surface area contributed by atoms with Gasteiger partial charge in [0.2, 0.25) is 17.8 Å². The Kier molecular flexibility index (Phi) is 13.1. The number of aliphatic hydroxyl groups excluding tert-OH is 1. The van der Waals surface area contributed by atoms with Crippen molar-refractivity contribution in [2.75, 3.05) is 25.5 Å². The van der Waals surface area contributed by atoms with E-state index in [1.807, 2.05) is 51.8 Å². The van der Waals surface area contributed by atoms with Crippen molar-refractivity contribution in [1.29, 1.82) is 0 Å². The lowest BCUT2D eigenvalue weighted by Crippen LogP contribution is -2.56. The summed E-state index contributed by atoms with van der Waals surface area (Å²) in [6.07, 6.45) is 4.36. The number of nitrogens with one attached hydrogen (secondary N) is 1. The van der Waals surface area contributed by atoms with Gasteiger partial charge < -0.3 is 20.2 Å². The standard InChI is InChI=1S/C17H25N5O2.C8H10.C2H6.CH4O/c1-5-6-15(24)22-10-14-13(17(22,3)4)7-18-16(20-14)19-12-8-21(9-12)11(2)23;1-2-8-6-4-3-5-7-8;2*1-2/h7,12H,5-6,8-10H2,1-4H3,(H,18,19,20);3-7H,2H2,1H3;1-2H3;2H,1H3. The molecule has 3 heterocycles. The van der Waals surface area contributed by atoms with Crippen LogP contribution in [0.25, 0.3) is 0 Å². The molecule has 0 spiro atoms. The summed E-state index contributed by atoms with van der Waals surface area (Å²) in [7, 11) is 1.00. The zero-order chi connectivity index (χ0) is 27.3. The number of carbonyl (C=O) groups excluding carboxylic acids is 2. The highest BCUT2D eigenvalue weighted by atomic mass is 16.2. The maximum atomic E-state index is 12.4. The highest BCUT2D eigenvalue weighted by Gasteiger charge is 2.41. The van der Waals surface area contributed by atoms with Crippen LogP contribution in [0, 0.1) is 0 Å². The summed E-state index contributed by atoms with van der Waals surface area (Å²) in [6, 6.07) is 10.6. The van der Waals surface area contributed by atoms with Crippen LogP contribution in [-0.4, -0.2) is 62.9 Å². The molecule has 0 aliphatic carbocycles. The number of anilines is 1. The first-order valence-corrected chi connectivity index (χ1v) is 12.9. The second-order valence-corrected chi connectivity index (χ2v) is 8.95. The van der Waals surface area contributed by atoms with E-state index in [4.69, 9.17) is 5.11 Å². The lowest BCUT2D eigenvalue weighted by atomic mass is 9.97. The third kappa shape index (κ3) is 8.01. The fourth-order valence-electron chi connectivity index (χ4n) is 4.08. The number of aryl methyl sites for hydroxylation is 1. The lowest BCUT2D eigenvalue weighted by molar-refractivity contribution is -0.136. The van der Waals surface area contributed by atoms with Crippen molar-refractivity contribution in [2.24, 2.45) is 0 Å².